The molecule has 0 fully saturated rings. The van der Waals surface area contributed by atoms with Crippen molar-refractivity contribution in [3.63, 3.8) is 0 Å². The lowest BCUT2D eigenvalue weighted by atomic mass is 9.96. The first-order chi connectivity index (χ1) is 15.8. The maximum atomic E-state index is 2.29. The van der Waals surface area contributed by atoms with Crippen LogP contribution < -0.4 is 0 Å². The highest BCUT2D eigenvalue weighted by Gasteiger charge is 2.04. The molecule has 0 heterocycles. The van der Waals surface area contributed by atoms with Gasteiger partial charge < -0.3 is 0 Å². The molecule has 0 aromatic heterocycles. The van der Waals surface area contributed by atoms with E-state index in [0.29, 0.717) is 0 Å². The van der Waals surface area contributed by atoms with Crippen molar-refractivity contribution in [2.45, 2.75) is 0 Å². The monoisotopic (exact) mass is 406 g/mol. The zero-order valence-electron chi connectivity index (χ0n) is 17.7. The van der Waals surface area contributed by atoms with E-state index in [4.69, 9.17) is 0 Å². The van der Waals surface area contributed by atoms with E-state index in [2.05, 4.69) is 133 Å². The number of hydrogen-bond donors (Lipinski definition) is 0. The number of rotatable bonds is 3. The first kappa shape index (κ1) is 18.6. The second kappa shape index (κ2) is 7.83. The van der Waals surface area contributed by atoms with Crippen LogP contribution in [0.4, 0.5) is 0 Å². The second-order valence-corrected chi connectivity index (χ2v) is 8.28. The molecule has 150 valence electrons. The number of benzene rings is 6. The molecule has 0 atom stereocenters. The van der Waals surface area contributed by atoms with Gasteiger partial charge >= 0.3 is 0 Å². The zero-order valence-corrected chi connectivity index (χ0v) is 17.7. The summed E-state index contributed by atoms with van der Waals surface area (Å²) in [5.74, 6) is 0. The summed E-state index contributed by atoms with van der Waals surface area (Å²) >= 11 is 0. The highest BCUT2D eigenvalue weighted by Crippen LogP contribution is 2.30. The fourth-order valence-electron chi connectivity index (χ4n) is 4.46. The van der Waals surface area contributed by atoms with E-state index in [1.54, 1.807) is 0 Å². The van der Waals surface area contributed by atoms with Gasteiger partial charge in [0.1, 0.15) is 0 Å². The Bertz CT molecular complexity index is 1540. The van der Waals surface area contributed by atoms with Crippen molar-refractivity contribution >= 4 is 21.5 Å². The molecule has 32 heavy (non-hydrogen) atoms. The smallest absolute Gasteiger partial charge is 0.0177 e. The SMILES string of the molecule is c1ccc(-c2ccc3cc(-c4ccc(-c5ccc6ccccc6c5)cc4)ccc3c2)cc1. The highest BCUT2D eigenvalue weighted by molar-refractivity contribution is 5.91. The van der Waals surface area contributed by atoms with Crippen molar-refractivity contribution in [3.05, 3.63) is 133 Å². The molecule has 0 bridgehead atoms. The van der Waals surface area contributed by atoms with Crippen LogP contribution in [0.15, 0.2) is 133 Å². The standard InChI is InChI=1S/C32H22/c1-2-6-23(7-3-1)28-16-18-32-22-30(17-19-31(32)21-28)26-12-10-25(11-13-26)29-15-14-24-8-4-5-9-27(24)20-29/h1-22H. The molecular weight excluding hydrogens is 384 g/mol. The summed E-state index contributed by atoms with van der Waals surface area (Å²) in [5, 5.41) is 5.08. The van der Waals surface area contributed by atoms with E-state index < -0.39 is 0 Å². The summed E-state index contributed by atoms with van der Waals surface area (Å²) in [6.07, 6.45) is 0. The van der Waals surface area contributed by atoms with Crippen LogP contribution in [0.3, 0.4) is 0 Å². The number of hydrogen-bond acceptors (Lipinski definition) is 0. The third-order valence-electron chi connectivity index (χ3n) is 6.25. The van der Waals surface area contributed by atoms with Gasteiger partial charge in [-0.1, -0.05) is 115 Å². The van der Waals surface area contributed by atoms with Crippen molar-refractivity contribution in [1.29, 1.82) is 0 Å². The quantitative estimate of drug-likeness (QED) is 0.275. The third kappa shape index (κ3) is 3.46. The summed E-state index contributed by atoms with van der Waals surface area (Å²) in [6, 6.07) is 48.1. The summed E-state index contributed by atoms with van der Waals surface area (Å²) in [5.41, 5.74) is 7.49. The molecule has 0 amide bonds. The molecule has 0 aliphatic carbocycles. The van der Waals surface area contributed by atoms with Gasteiger partial charge in [-0.25, -0.2) is 0 Å². The van der Waals surface area contributed by atoms with Crippen LogP contribution in [0, 0.1) is 0 Å². The van der Waals surface area contributed by atoms with E-state index in [0.717, 1.165) is 0 Å². The summed E-state index contributed by atoms with van der Waals surface area (Å²) in [7, 11) is 0. The van der Waals surface area contributed by atoms with E-state index in [1.165, 1.54) is 54.9 Å². The number of fused-ring (bicyclic) bond motifs is 2. The van der Waals surface area contributed by atoms with Crippen LogP contribution in [0.1, 0.15) is 0 Å². The van der Waals surface area contributed by atoms with Gasteiger partial charge in [-0.15, -0.1) is 0 Å². The Hall–Kier alpha value is -4.16. The molecule has 0 radical (unpaired) electrons. The van der Waals surface area contributed by atoms with Gasteiger partial charge in [-0.05, 0) is 73.1 Å². The minimum absolute atomic E-state index is 1.24. The van der Waals surface area contributed by atoms with Gasteiger partial charge in [-0.3, -0.25) is 0 Å². The predicted octanol–water partition coefficient (Wildman–Crippen LogP) is 8.99. The molecule has 0 unspecified atom stereocenters. The van der Waals surface area contributed by atoms with E-state index >= 15 is 0 Å². The van der Waals surface area contributed by atoms with Crippen molar-refractivity contribution in [3.8, 4) is 33.4 Å². The lowest BCUT2D eigenvalue weighted by Gasteiger charge is -2.09. The normalized spacial score (nSPS) is 11.1. The van der Waals surface area contributed by atoms with Gasteiger partial charge in [0.05, 0.1) is 0 Å². The van der Waals surface area contributed by atoms with Crippen LogP contribution in [0.25, 0.3) is 54.9 Å². The maximum Gasteiger partial charge on any atom is -0.0177 e. The topological polar surface area (TPSA) is 0 Å². The molecular formula is C32H22. The van der Waals surface area contributed by atoms with Crippen molar-refractivity contribution < 1.29 is 0 Å². The Morgan fingerprint density at radius 1 is 0.219 bits per heavy atom. The Labute approximate surface area is 188 Å². The molecule has 0 N–H and O–H groups in total. The fourth-order valence-corrected chi connectivity index (χ4v) is 4.46. The largest absolute Gasteiger partial charge is 0.0622 e. The summed E-state index contributed by atoms with van der Waals surface area (Å²) in [4.78, 5) is 0. The Morgan fingerprint density at radius 2 is 0.562 bits per heavy atom. The van der Waals surface area contributed by atoms with Crippen LogP contribution in [0.5, 0.6) is 0 Å². The third-order valence-corrected chi connectivity index (χ3v) is 6.25. The van der Waals surface area contributed by atoms with Gasteiger partial charge in [0.25, 0.3) is 0 Å². The second-order valence-electron chi connectivity index (χ2n) is 8.28. The van der Waals surface area contributed by atoms with E-state index in [9.17, 15) is 0 Å². The lowest BCUT2D eigenvalue weighted by molar-refractivity contribution is 1.61. The average Bonchev–Trinajstić information content (AvgIpc) is 2.88. The van der Waals surface area contributed by atoms with E-state index in [1.807, 2.05) is 0 Å². The van der Waals surface area contributed by atoms with Gasteiger partial charge in [0.2, 0.25) is 0 Å². The molecule has 0 aliphatic heterocycles. The van der Waals surface area contributed by atoms with Gasteiger partial charge in [0, 0.05) is 0 Å². The van der Waals surface area contributed by atoms with Crippen LogP contribution in [-0.2, 0) is 0 Å². The molecule has 0 saturated carbocycles. The van der Waals surface area contributed by atoms with Crippen LogP contribution >= 0.6 is 0 Å². The van der Waals surface area contributed by atoms with E-state index in [-0.39, 0.29) is 0 Å². The van der Waals surface area contributed by atoms with Crippen LogP contribution in [-0.4, -0.2) is 0 Å². The maximum absolute atomic E-state index is 2.29. The molecule has 0 heteroatoms. The molecule has 0 nitrogen and oxygen atoms in total. The predicted molar refractivity (Wildman–Crippen MR) is 138 cm³/mol. The van der Waals surface area contributed by atoms with Crippen LogP contribution in [0.2, 0.25) is 0 Å². The molecule has 6 aromatic carbocycles. The summed E-state index contributed by atoms with van der Waals surface area (Å²) in [6.45, 7) is 0. The minimum Gasteiger partial charge on any atom is -0.0622 e. The first-order valence-corrected chi connectivity index (χ1v) is 11.0. The van der Waals surface area contributed by atoms with Gasteiger partial charge in [-0.2, -0.15) is 0 Å². The van der Waals surface area contributed by atoms with Gasteiger partial charge in [0.15, 0.2) is 0 Å². The molecule has 0 spiro atoms. The average molecular weight is 407 g/mol. The highest BCUT2D eigenvalue weighted by atomic mass is 14.1. The lowest BCUT2D eigenvalue weighted by Crippen LogP contribution is -1.83. The summed E-state index contributed by atoms with van der Waals surface area (Å²) < 4.78 is 0. The molecule has 6 rings (SSSR count). The van der Waals surface area contributed by atoms with Crippen molar-refractivity contribution in [2.75, 3.05) is 0 Å². The first-order valence-electron chi connectivity index (χ1n) is 11.0. The molecule has 0 saturated heterocycles. The minimum atomic E-state index is 1.24. The Kier molecular flexibility index (Phi) is 4.55. The Morgan fingerprint density at radius 3 is 1.09 bits per heavy atom. The zero-order chi connectivity index (χ0) is 21.3. The Balaban J connectivity index is 1.32. The fraction of sp³-hybridized carbons (Fsp3) is 0. The van der Waals surface area contributed by atoms with Crippen molar-refractivity contribution in [2.24, 2.45) is 0 Å². The van der Waals surface area contributed by atoms with Crippen molar-refractivity contribution in [1.82, 2.24) is 0 Å². The molecule has 0 aliphatic rings. The molecule has 6 aromatic rings.